The molecule has 2 aromatic carbocycles. The van der Waals surface area contributed by atoms with Crippen LogP contribution in [-0.4, -0.2) is 41.8 Å². The van der Waals surface area contributed by atoms with E-state index in [-0.39, 0.29) is 5.82 Å². The van der Waals surface area contributed by atoms with Gasteiger partial charge in [-0.25, -0.2) is 14.4 Å². The van der Waals surface area contributed by atoms with Crippen molar-refractivity contribution in [3.05, 3.63) is 66.7 Å². The van der Waals surface area contributed by atoms with Gasteiger partial charge in [-0.3, -0.25) is 4.98 Å². The zero-order chi connectivity index (χ0) is 22.6. The molecule has 0 radical (unpaired) electrons. The molecule has 5 rings (SSSR count). The lowest BCUT2D eigenvalue weighted by atomic mass is 10.0. The van der Waals surface area contributed by atoms with E-state index in [4.69, 9.17) is 19.4 Å². The first-order valence-electron chi connectivity index (χ1n) is 11.1. The number of benzene rings is 2. The Balaban J connectivity index is 1.64. The highest BCUT2D eigenvalue weighted by atomic mass is 19.1. The molecule has 0 aliphatic carbocycles. The van der Waals surface area contributed by atoms with Crippen LogP contribution in [0.3, 0.4) is 0 Å². The van der Waals surface area contributed by atoms with Crippen molar-refractivity contribution in [3.8, 4) is 28.3 Å². The fourth-order valence-corrected chi connectivity index (χ4v) is 4.08. The summed E-state index contributed by atoms with van der Waals surface area (Å²) in [6.45, 7) is 2.09. The minimum atomic E-state index is -0.283. The van der Waals surface area contributed by atoms with E-state index in [1.807, 2.05) is 37.4 Å². The van der Waals surface area contributed by atoms with Crippen molar-refractivity contribution in [2.24, 2.45) is 5.92 Å². The molecule has 0 saturated carbocycles. The number of anilines is 1. The summed E-state index contributed by atoms with van der Waals surface area (Å²) in [4.78, 5) is 13.8. The summed E-state index contributed by atoms with van der Waals surface area (Å²) in [7, 11) is 1.83. The molecule has 6 nitrogen and oxygen atoms in total. The highest BCUT2D eigenvalue weighted by molar-refractivity contribution is 5.97. The first-order valence-corrected chi connectivity index (χ1v) is 11.1. The highest BCUT2D eigenvalue weighted by Gasteiger charge is 2.19. The predicted octanol–water partition coefficient (Wildman–Crippen LogP) is 5.35. The van der Waals surface area contributed by atoms with Crippen LogP contribution < -0.4 is 10.1 Å². The van der Waals surface area contributed by atoms with Gasteiger partial charge in [0.15, 0.2) is 5.82 Å². The Hall–Kier alpha value is -3.58. The van der Waals surface area contributed by atoms with Crippen LogP contribution in [-0.2, 0) is 4.74 Å². The molecule has 1 aliphatic rings. The van der Waals surface area contributed by atoms with E-state index in [0.717, 1.165) is 48.1 Å². The van der Waals surface area contributed by atoms with Gasteiger partial charge in [-0.2, -0.15) is 0 Å². The molecule has 4 aromatic rings. The van der Waals surface area contributed by atoms with Crippen molar-refractivity contribution in [1.82, 2.24) is 15.0 Å². The molecule has 168 valence electrons. The highest BCUT2D eigenvalue weighted by Crippen LogP contribution is 2.36. The average molecular weight is 445 g/mol. The SMILES string of the molecule is CNc1nc(-c2cccnc2)nc2c(OCC3CCOCC3)cc(-c3cccc(F)c3)cc12. The van der Waals surface area contributed by atoms with Gasteiger partial charge in [0.2, 0.25) is 0 Å². The summed E-state index contributed by atoms with van der Waals surface area (Å²) in [6, 6.07) is 14.3. The Kier molecular flexibility index (Phi) is 6.13. The third-order valence-electron chi connectivity index (χ3n) is 5.90. The fraction of sp³-hybridized carbons (Fsp3) is 0.269. The first-order chi connectivity index (χ1) is 16.2. The number of hydrogen-bond donors (Lipinski definition) is 1. The molecule has 2 aromatic heterocycles. The monoisotopic (exact) mass is 444 g/mol. The van der Waals surface area contributed by atoms with Crippen LogP contribution in [0.1, 0.15) is 12.8 Å². The summed E-state index contributed by atoms with van der Waals surface area (Å²) in [5.41, 5.74) is 3.14. The molecule has 0 atom stereocenters. The van der Waals surface area contributed by atoms with Crippen LogP contribution in [0.5, 0.6) is 5.75 Å². The zero-order valence-corrected chi connectivity index (χ0v) is 18.4. The van der Waals surface area contributed by atoms with Crippen molar-refractivity contribution < 1.29 is 13.9 Å². The van der Waals surface area contributed by atoms with E-state index in [0.29, 0.717) is 35.4 Å². The molecule has 1 saturated heterocycles. The normalized spacial score (nSPS) is 14.4. The van der Waals surface area contributed by atoms with Gasteiger partial charge in [0.05, 0.1) is 6.61 Å². The van der Waals surface area contributed by atoms with Crippen molar-refractivity contribution in [3.63, 3.8) is 0 Å². The number of nitrogens with zero attached hydrogens (tertiary/aromatic N) is 3. The number of rotatable bonds is 6. The van der Waals surface area contributed by atoms with Crippen molar-refractivity contribution >= 4 is 16.7 Å². The second kappa shape index (κ2) is 9.50. The molecule has 3 heterocycles. The van der Waals surface area contributed by atoms with E-state index in [2.05, 4.69) is 10.3 Å². The Labute approximate surface area is 191 Å². The molecular weight excluding hydrogens is 419 g/mol. The molecule has 0 amide bonds. The fourth-order valence-electron chi connectivity index (χ4n) is 4.08. The summed E-state index contributed by atoms with van der Waals surface area (Å²) < 4.78 is 25.8. The van der Waals surface area contributed by atoms with Crippen molar-refractivity contribution in [1.29, 1.82) is 0 Å². The van der Waals surface area contributed by atoms with E-state index in [1.165, 1.54) is 12.1 Å². The average Bonchev–Trinajstić information content (AvgIpc) is 2.87. The molecule has 7 heteroatoms. The lowest BCUT2D eigenvalue weighted by Gasteiger charge is -2.23. The van der Waals surface area contributed by atoms with Gasteiger partial charge in [0.25, 0.3) is 0 Å². The van der Waals surface area contributed by atoms with Crippen LogP contribution in [0, 0.1) is 11.7 Å². The lowest BCUT2D eigenvalue weighted by molar-refractivity contribution is 0.0500. The van der Waals surface area contributed by atoms with E-state index in [1.54, 1.807) is 18.5 Å². The molecule has 0 bridgehead atoms. The lowest BCUT2D eigenvalue weighted by Crippen LogP contribution is -2.21. The summed E-state index contributed by atoms with van der Waals surface area (Å²) >= 11 is 0. The number of halogens is 1. The molecule has 1 N–H and O–H groups in total. The third-order valence-corrected chi connectivity index (χ3v) is 5.90. The maximum absolute atomic E-state index is 14.0. The predicted molar refractivity (Wildman–Crippen MR) is 127 cm³/mol. The maximum atomic E-state index is 14.0. The Morgan fingerprint density at radius 1 is 1.03 bits per heavy atom. The number of hydrogen-bond acceptors (Lipinski definition) is 6. The summed E-state index contributed by atoms with van der Waals surface area (Å²) in [5, 5.41) is 4.00. The zero-order valence-electron chi connectivity index (χ0n) is 18.4. The second-order valence-electron chi connectivity index (χ2n) is 8.14. The number of fused-ring (bicyclic) bond motifs is 1. The molecule has 33 heavy (non-hydrogen) atoms. The van der Waals surface area contributed by atoms with Gasteiger partial charge in [-0.15, -0.1) is 0 Å². The Morgan fingerprint density at radius 3 is 2.64 bits per heavy atom. The standard InChI is InChI=1S/C26H25FN4O2/c1-28-26-22-13-20(18-4-2-6-21(27)12-18)14-23(33-16-17-7-10-32-11-8-17)24(22)30-25(31-26)19-5-3-9-29-15-19/h2-6,9,12-15,17H,7-8,10-11,16H2,1H3,(H,28,30,31). The minimum Gasteiger partial charge on any atom is -0.491 e. The largest absolute Gasteiger partial charge is 0.491 e. The van der Waals surface area contributed by atoms with Gasteiger partial charge in [0, 0.05) is 43.6 Å². The second-order valence-corrected chi connectivity index (χ2v) is 8.14. The quantitative estimate of drug-likeness (QED) is 0.433. The number of nitrogens with one attached hydrogen (secondary N) is 1. The first kappa shape index (κ1) is 21.3. The molecule has 1 aliphatic heterocycles. The van der Waals surface area contributed by atoms with Gasteiger partial charge < -0.3 is 14.8 Å². The van der Waals surface area contributed by atoms with Crippen LogP contribution in [0.25, 0.3) is 33.4 Å². The van der Waals surface area contributed by atoms with Crippen LogP contribution >= 0.6 is 0 Å². The minimum absolute atomic E-state index is 0.283. The van der Waals surface area contributed by atoms with Crippen LogP contribution in [0.4, 0.5) is 10.2 Å². The van der Waals surface area contributed by atoms with Crippen LogP contribution in [0.2, 0.25) is 0 Å². The molecule has 0 unspecified atom stereocenters. The number of ether oxygens (including phenoxy) is 2. The Bertz CT molecular complexity index is 1260. The van der Waals surface area contributed by atoms with Crippen molar-refractivity contribution in [2.75, 3.05) is 32.2 Å². The van der Waals surface area contributed by atoms with E-state index in [9.17, 15) is 4.39 Å². The molecule has 0 spiro atoms. The van der Waals surface area contributed by atoms with Gasteiger partial charge in [-0.1, -0.05) is 12.1 Å². The Morgan fingerprint density at radius 2 is 1.88 bits per heavy atom. The van der Waals surface area contributed by atoms with Gasteiger partial charge >= 0.3 is 0 Å². The topological polar surface area (TPSA) is 69.2 Å². The number of pyridine rings is 1. The molecular formula is C26H25FN4O2. The van der Waals surface area contributed by atoms with E-state index >= 15 is 0 Å². The number of aromatic nitrogens is 3. The summed E-state index contributed by atoms with van der Waals surface area (Å²) in [5.74, 6) is 2.04. The smallest absolute Gasteiger partial charge is 0.163 e. The third kappa shape index (κ3) is 4.64. The van der Waals surface area contributed by atoms with Gasteiger partial charge in [-0.05, 0) is 66.3 Å². The van der Waals surface area contributed by atoms with Crippen molar-refractivity contribution in [2.45, 2.75) is 12.8 Å². The van der Waals surface area contributed by atoms with Gasteiger partial charge in [0.1, 0.15) is 22.9 Å². The molecule has 1 fully saturated rings. The van der Waals surface area contributed by atoms with E-state index < -0.39 is 0 Å². The van der Waals surface area contributed by atoms with Crippen LogP contribution in [0.15, 0.2) is 60.9 Å². The maximum Gasteiger partial charge on any atom is 0.163 e. The summed E-state index contributed by atoms with van der Waals surface area (Å²) in [6.07, 6.45) is 5.40.